The van der Waals surface area contributed by atoms with Gasteiger partial charge < -0.3 is 16.4 Å². The summed E-state index contributed by atoms with van der Waals surface area (Å²) >= 11 is 0. The van der Waals surface area contributed by atoms with E-state index in [1.54, 1.807) is 0 Å². The lowest BCUT2D eigenvalue weighted by atomic mass is 10.0. The molecular formula is C18H33N3O3Si. The van der Waals surface area contributed by atoms with Crippen molar-refractivity contribution in [1.82, 2.24) is 10.6 Å². The molecule has 0 saturated heterocycles. The SMILES string of the molecule is CC(=O)N[C@@H](C(=O)N[C@@H](CC#C[Si](C)(C)C(C)(C)C)C(N)=O)C(C)C. The molecule has 0 rings (SSSR count). The van der Waals surface area contributed by atoms with E-state index in [4.69, 9.17) is 5.73 Å². The molecule has 0 aliphatic carbocycles. The second-order valence-corrected chi connectivity index (χ2v) is 13.3. The molecule has 0 bridgehead atoms. The lowest BCUT2D eigenvalue weighted by molar-refractivity contribution is -0.131. The molecule has 142 valence electrons. The van der Waals surface area contributed by atoms with E-state index in [2.05, 4.69) is 56.0 Å². The van der Waals surface area contributed by atoms with E-state index in [-0.39, 0.29) is 23.3 Å². The Bertz CT molecular complexity index is 568. The molecule has 0 aromatic rings. The van der Waals surface area contributed by atoms with Gasteiger partial charge in [0.05, 0.1) is 0 Å². The summed E-state index contributed by atoms with van der Waals surface area (Å²) in [5.74, 6) is 1.55. The molecule has 6 nitrogen and oxygen atoms in total. The minimum absolute atomic E-state index is 0.111. The van der Waals surface area contributed by atoms with Gasteiger partial charge in [0.15, 0.2) is 0 Å². The Kier molecular flexibility index (Phi) is 8.39. The highest BCUT2D eigenvalue weighted by Crippen LogP contribution is 2.35. The number of rotatable bonds is 6. The lowest BCUT2D eigenvalue weighted by Gasteiger charge is -2.31. The van der Waals surface area contributed by atoms with Gasteiger partial charge in [-0.1, -0.05) is 47.7 Å². The van der Waals surface area contributed by atoms with Crippen LogP contribution in [0.1, 0.15) is 48.0 Å². The number of carbonyl (C=O) groups is 3. The van der Waals surface area contributed by atoms with E-state index in [9.17, 15) is 14.4 Å². The minimum atomic E-state index is -1.79. The number of hydrogen-bond acceptors (Lipinski definition) is 3. The zero-order chi connectivity index (χ0) is 20.0. The summed E-state index contributed by atoms with van der Waals surface area (Å²) in [6.45, 7) is 15.8. The number of carbonyl (C=O) groups excluding carboxylic acids is 3. The quantitative estimate of drug-likeness (QED) is 0.490. The third-order valence-corrected chi connectivity index (χ3v) is 9.10. The summed E-state index contributed by atoms with van der Waals surface area (Å²) in [7, 11) is -1.79. The zero-order valence-corrected chi connectivity index (χ0v) is 17.7. The van der Waals surface area contributed by atoms with E-state index in [0.29, 0.717) is 0 Å². The van der Waals surface area contributed by atoms with Gasteiger partial charge in [0.25, 0.3) is 0 Å². The third-order valence-electron chi connectivity index (χ3n) is 4.55. The van der Waals surface area contributed by atoms with Gasteiger partial charge in [-0.3, -0.25) is 14.4 Å². The fraction of sp³-hybridized carbons (Fsp3) is 0.722. The molecule has 7 heteroatoms. The monoisotopic (exact) mass is 367 g/mol. The second kappa shape index (κ2) is 9.04. The molecule has 2 atom stereocenters. The Morgan fingerprint density at radius 2 is 1.64 bits per heavy atom. The zero-order valence-electron chi connectivity index (χ0n) is 16.7. The van der Waals surface area contributed by atoms with Gasteiger partial charge in [-0.2, -0.15) is 0 Å². The molecule has 4 N–H and O–H groups in total. The number of primary amides is 1. The Labute approximate surface area is 152 Å². The molecule has 0 saturated carbocycles. The number of nitrogens with two attached hydrogens (primary N) is 1. The molecule has 0 fully saturated rings. The fourth-order valence-corrected chi connectivity index (χ4v) is 2.72. The van der Waals surface area contributed by atoms with Crippen LogP contribution in [0.3, 0.4) is 0 Å². The number of amides is 3. The van der Waals surface area contributed by atoms with Crippen LogP contribution in [0, 0.1) is 17.4 Å². The Morgan fingerprint density at radius 1 is 1.12 bits per heavy atom. The standard InChI is InChI=1S/C18H33N3O3Si/c1-12(2)15(20-13(3)22)17(24)21-14(16(19)23)10-9-11-25(7,8)18(4,5)6/h12,14-15H,10H2,1-8H3,(H2,19,23)(H,20,22)(H,21,24)/t14-,15+/m0/s1. The van der Waals surface area contributed by atoms with E-state index < -0.39 is 32.0 Å². The van der Waals surface area contributed by atoms with Gasteiger partial charge in [-0.25, -0.2) is 0 Å². The predicted octanol–water partition coefficient (Wildman–Crippen LogP) is 1.56. The summed E-state index contributed by atoms with van der Waals surface area (Å²) in [5.41, 5.74) is 8.70. The highest BCUT2D eigenvalue weighted by Gasteiger charge is 2.33. The van der Waals surface area contributed by atoms with Crippen LogP contribution in [0.25, 0.3) is 0 Å². The van der Waals surface area contributed by atoms with Crippen LogP contribution in [0.15, 0.2) is 0 Å². The molecule has 0 aromatic heterocycles. The Morgan fingerprint density at radius 3 is 2.00 bits per heavy atom. The summed E-state index contributed by atoms with van der Waals surface area (Å²) in [4.78, 5) is 35.3. The molecular weight excluding hydrogens is 334 g/mol. The van der Waals surface area contributed by atoms with Crippen LogP contribution < -0.4 is 16.4 Å². The molecule has 0 spiro atoms. The predicted molar refractivity (Wildman–Crippen MR) is 103 cm³/mol. The van der Waals surface area contributed by atoms with Crippen molar-refractivity contribution in [2.24, 2.45) is 11.7 Å². The number of nitrogens with one attached hydrogen (secondary N) is 2. The highest BCUT2D eigenvalue weighted by atomic mass is 28.3. The first-order valence-corrected chi connectivity index (χ1v) is 11.6. The van der Waals surface area contributed by atoms with Gasteiger partial charge in [-0.05, 0) is 11.0 Å². The van der Waals surface area contributed by atoms with Crippen LogP contribution in [-0.4, -0.2) is 37.9 Å². The molecule has 0 unspecified atom stereocenters. The van der Waals surface area contributed by atoms with Crippen molar-refractivity contribution in [1.29, 1.82) is 0 Å². The number of hydrogen-bond donors (Lipinski definition) is 3. The molecule has 0 heterocycles. The van der Waals surface area contributed by atoms with Crippen molar-refractivity contribution in [3.05, 3.63) is 0 Å². The Balaban J connectivity index is 5.14. The molecule has 0 aliphatic heterocycles. The largest absolute Gasteiger partial charge is 0.368 e. The van der Waals surface area contributed by atoms with Gasteiger partial charge in [-0.15, -0.1) is 11.5 Å². The van der Waals surface area contributed by atoms with Gasteiger partial charge in [0.1, 0.15) is 20.2 Å². The summed E-state index contributed by atoms with van der Waals surface area (Å²) in [6.07, 6.45) is 0.165. The van der Waals surface area contributed by atoms with Crippen molar-refractivity contribution in [2.75, 3.05) is 0 Å². The maximum Gasteiger partial charge on any atom is 0.243 e. The normalized spacial score (nSPS) is 14.1. The maximum atomic E-state index is 12.4. The van der Waals surface area contributed by atoms with Crippen LogP contribution >= 0.6 is 0 Å². The maximum absolute atomic E-state index is 12.4. The topological polar surface area (TPSA) is 101 Å². The van der Waals surface area contributed by atoms with Crippen LogP contribution in [-0.2, 0) is 14.4 Å². The van der Waals surface area contributed by atoms with Gasteiger partial charge >= 0.3 is 0 Å². The van der Waals surface area contributed by atoms with Crippen LogP contribution in [0.4, 0.5) is 0 Å². The first-order valence-electron chi connectivity index (χ1n) is 8.56. The molecule has 25 heavy (non-hydrogen) atoms. The van der Waals surface area contributed by atoms with E-state index >= 15 is 0 Å². The summed E-state index contributed by atoms with van der Waals surface area (Å²) in [5, 5.41) is 5.32. The average molecular weight is 368 g/mol. The average Bonchev–Trinajstić information content (AvgIpc) is 2.41. The second-order valence-electron chi connectivity index (χ2n) is 8.27. The van der Waals surface area contributed by atoms with E-state index in [1.807, 2.05) is 13.8 Å². The van der Waals surface area contributed by atoms with Crippen LogP contribution in [0.2, 0.25) is 18.1 Å². The van der Waals surface area contributed by atoms with Gasteiger partial charge in [0, 0.05) is 13.3 Å². The smallest absolute Gasteiger partial charge is 0.243 e. The first kappa shape index (κ1) is 23.2. The summed E-state index contributed by atoms with van der Waals surface area (Å²) in [6, 6.07) is -1.59. The van der Waals surface area contributed by atoms with Crippen molar-refractivity contribution >= 4 is 25.8 Å². The summed E-state index contributed by atoms with van der Waals surface area (Å²) < 4.78 is 0. The first-order chi connectivity index (χ1) is 11.2. The highest BCUT2D eigenvalue weighted by molar-refractivity contribution is 6.87. The lowest BCUT2D eigenvalue weighted by Crippen LogP contribution is -2.54. The van der Waals surface area contributed by atoms with E-state index in [1.165, 1.54) is 6.92 Å². The van der Waals surface area contributed by atoms with Crippen molar-refractivity contribution in [3.8, 4) is 11.5 Å². The van der Waals surface area contributed by atoms with Gasteiger partial charge in [0.2, 0.25) is 17.7 Å². The molecule has 0 radical (unpaired) electrons. The third kappa shape index (κ3) is 7.74. The van der Waals surface area contributed by atoms with Crippen molar-refractivity contribution < 1.29 is 14.4 Å². The van der Waals surface area contributed by atoms with Crippen molar-refractivity contribution in [2.45, 2.75) is 78.2 Å². The minimum Gasteiger partial charge on any atom is -0.368 e. The fourth-order valence-electron chi connectivity index (χ4n) is 1.80. The molecule has 0 aliphatic rings. The molecule has 0 aromatic carbocycles. The van der Waals surface area contributed by atoms with Crippen molar-refractivity contribution in [3.63, 3.8) is 0 Å². The van der Waals surface area contributed by atoms with E-state index in [0.717, 1.165) is 0 Å². The van der Waals surface area contributed by atoms with Crippen LogP contribution in [0.5, 0.6) is 0 Å². The molecule has 3 amide bonds. The Hall–Kier alpha value is -1.81.